The topological polar surface area (TPSA) is 68.6 Å². The molecule has 3 aliphatic rings. The summed E-state index contributed by atoms with van der Waals surface area (Å²) in [7, 11) is 3.46. The van der Waals surface area contributed by atoms with Crippen LogP contribution in [0.2, 0.25) is 0 Å². The maximum Gasteiger partial charge on any atom is 0.406 e. The molecule has 1 N–H and O–H groups in total. The van der Waals surface area contributed by atoms with Gasteiger partial charge in [0.15, 0.2) is 0 Å². The highest BCUT2D eigenvalue weighted by Crippen LogP contribution is 2.49. The Morgan fingerprint density at radius 2 is 2.13 bits per heavy atom. The standard InChI is InChI=1S/C22H34F2N4O3/c1-25-20(29)31-11-9-27(2)13-17-19(18-12-22(23,24)14-28(18)26-17)16-4-7-21(8-5-16)6-3-10-30-15-21/h16H,3-15H2,1-2H3,(H,25,29). The first-order chi connectivity index (χ1) is 14.8. The SMILES string of the molecule is CNC(=O)OCCN(C)Cc1nn2c(c1C1CCC3(CCCOC3)CC1)CC(F)(F)C2. The minimum Gasteiger partial charge on any atom is -0.448 e. The predicted octanol–water partition coefficient (Wildman–Crippen LogP) is 3.32. The highest BCUT2D eigenvalue weighted by atomic mass is 19.3. The van der Waals surface area contributed by atoms with Crippen molar-refractivity contribution in [2.75, 3.05) is 40.5 Å². The molecule has 1 aliphatic carbocycles. The van der Waals surface area contributed by atoms with Crippen LogP contribution in [0.1, 0.15) is 61.4 Å². The average Bonchev–Trinajstić information content (AvgIpc) is 3.20. The number of hydrogen-bond acceptors (Lipinski definition) is 5. The third kappa shape index (κ3) is 5.03. The fourth-order valence-electron chi connectivity index (χ4n) is 5.52. The molecule has 9 heteroatoms. The first-order valence-corrected chi connectivity index (χ1v) is 11.4. The smallest absolute Gasteiger partial charge is 0.406 e. The van der Waals surface area contributed by atoms with E-state index >= 15 is 0 Å². The van der Waals surface area contributed by atoms with Crippen LogP contribution in [0.4, 0.5) is 13.6 Å². The van der Waals surface area contributed by atoms with Crippen LogP contribution in [-0.4, -0.2) is 67.2 Å². The van der Waals surface area contributed by atoms with Crippen LogP contribution in [-0.2, 0) is 29.0 Å². The van der Waals surface area contributed by atoms with E-state index in [9.17, 15) is 13.6 Å². The van der Waals surface area contributed by atoms with Crippen LogP contribution < -0.4 is 5.32 Å². The summed E-state index contributed by atoms with van der Waals surface area (Å²) in [6.07, 6.45) is 5.85. The number of fused-ring (bicyclic) bond motifs is 1. The highest BCUT2D eigenvalue weighted by molar-refractivity contribution is 5.66. The van der Waals surface area contributed by atoms with Crippen LogP contribution in [0.5, 0.6) is 0 Å². The number of halogens is 2. The molecule has 1 saturated heterocycles. The van der Waals surface area contributed by atoms with Crippen LogP contribution >= 0.6 is 0 Å². The lowest BCUT2D eigenvalue weighted by molar-refractivity contribution is -0.0309. The molecule has 0 bridgehead atoms. The minimum atomic E-state index is -2.71. The molecule has 2 fully saturated rings. The number of alkyl carbamates (subject to hydrolysis) is 1. The van der Waals surface area contributed by atoms with Crippen molar-refractivity contribution < 1.29 is 23.0 Å². The van der Waals surface area contributed by atoms with Gasteiger partial charge in [-0.2, -0.15) is 5.10 Å². The molecule has 1 aromatic rings. The summed E-state index contributed by atoms with van der Waals surface area (Å²) in [5, 5.41) is 7.04. The van der Waals surface area contributed by atoms with Gasteiger partial charge >= 0.3 is 6.09 Å². The second-order valence-corrected chi connectivity index (χ2v) is 9.55. The van der Waals surface area contributed by atoms with Crippen LogP contribution in [0.3, 0.4) is 0 Å². The Kier molecular flexibility index (Phi) is 6.53. The Hall–Kier alpha value is -1.74. The van der Waals surface area contributed by atoms with Gasteiger partial charge in [-0.1, -0.05) is 0 Å². The molecule has 1 spiro atoms. The quantitative estimate of drug-likeness (QED) is 0.735. The van der Waals surface area contributed by atoms with E-state index in [-0.39, 0.29) is 30.9 Å². The van der Waals surface area contributed by atoms with Gasteiger partial charge in [0, 0.05) is 38.0 Å². The van der Waals surface area contributed by atoms with Gasteiger partial charge in [-0.3, -0.25) is 9.58 Å². The fourth-order valence-corrected chi connectivity index (χ4v) is 5.52. The number of nitrogens with one attached hydrogen (secondary N) is 1. The van der Waals surface area contributed by atoms with E-state index in [4.69, 9.17) is 9.47 Å². The van der Waals surface area contributed by atoms with Crippen molar-refractivity contribution in [1.29, 1.82) is 0 Å². The molecule has 4 rings (SSSR count). The van der Waals surface area contributed by atoms with Crippen molar-refractivity contribution in [1.82, 2.24) is 20.0 Å². The summed E-state index contributed by atoms with van der Waals surface area (Å²) in [5.41, 5.74) is 2.94. The van der Waals surface area contributed by atoms with Crippen molar-refractivity contribution >= 4 is 6.09 Å². The molecule has 0 unspecified atom stereocenters. The molecule has 1 saturated carbocycles. The maximum atomic E-state index is 14.1. The highest BCUT2D eigenvalue weighted by Gasteiger charge is 2.44. The summed E-state index contributed by atoms with van der Waals surface area (Å²) in [5.74, 6) is -2.44. The largest absolute Gasteiger partial charge is 0.448 e. The molecule has 0 radical (unpaired) electrons. The molecule has 0 atom stereocenters. The van der Waals surface area contributed by atoms with E-state index in [2.05, 4.69) is 10.4 Å². The van der Waals surface area contributed by atoms with Gasteiger partial charge in [-0.05, 0) is 56.9 Å². The number of carbonyl (C=O) groups excluding carboxylic acids is 1. The van der Waals surface area contributed by atoms with Crippen molar-refractivity contribution in [3.8, 4) is 0 Å². The molecule has 3 heterocycles. The summed E-state index contributed by atoms with van der Waals surface area (Å²) in [4.78, 5) is 13.3. The lowest BCUT2D eigenvalue weighted by Crippen LogP contribution is -2.35. The zero-order valence-electron chi connectivity index (χ0n) is 18.6. The van der Waals surface area contributed by atoms with Crippen molar-refractivity contribution in [2.24, 2.45) is 5.41 Å². The van der Waals surface area contributed by atoms with Gasteiger partial charge < -0.3 is 14.8 Å². The molecule has 174 valence electrons. The zero-order valence-corrected chi connectivity index (χ0v) is 18.6. The summed E-state index contributed by atoms with van der Waals surface area (Å²) in [6.45, 7) is 2.74. The Balaban J connectivity index is 1.46. The van der Waals surface area contributed by atoms with E-state index in [1.54, 1.807) is 0 Å². The normalized spacial score (nSPS) is 27.5. The Labute approximate surface area is 182 Å². The second-order valence-electron chi connectivity index (χ2n) is 9.55. The lowest BCUT2D eigenvalue weighted by Gasteiger charge is -2.42. The first kappa shape index (κ1) is 22.5. The molecule has 7 nitrogen and oxygen atoms in total. The summed E-state index contributed by atoms with van der Waals surface area (Å²) < 4.78 is 40.6. The minimum absolute atomic E-state index is 0.219. The average molecular weight is 441 g/mol. The summed E-state index contributed by atoms with van der Waals surface area (Å²) in [6, 6.07) is 0. The van der Waals surface area contributed by atoms with Crippen LogP contribution in [0.15, 0.2) is 0 Å². The van der Waals surface area contributed by atoms with Crippen LogP contribution in [0.25, 0.3) is 0 Å². The van der Waals surface area contributed by atoms with Crippen LogP contribution in [0, 0.1) is 5.41 Å². The fraction of sp³-hybridized carbons (Fsp3) is 0.818. The monoisotopic (exact) mass is 440 g/mol. The van der Waals surface area contributed by atoms with Gasteiger partial charge in [-0.25, -0.2) is 13.6 Å². The van der Waals surface area contributed by atoms with E-state index in [1.165, 1.54) is 18.2 Å². The van der Waals surface area contributed by atoms with Crippen molar-refractivity contribution in [2.45, 2.75) is 69.9 Å². The molecule has 1 amide bonds. The van der Waals surface area contributed by atoms with Gasteiger partial charge in [0.2, 0.25) is 0 Å². The number of aromatic nitrogens is 2. The molecular weight excluding hydrogens is 406 g/mol. The predicted molar refractivity (Wildman–Crippen MR) is 111 cm³/mol. The molecule has 2 aliphatic heterocycles. The number of alkyl halides is 2. The third-order valence-corrected chi connectivity index (χ3v) is 7.17. The molecule has 1 aromatic heterocycles. The zero-order chi connectivity index (χ0) is 22.1. The number of likely N-dealkylation sites (N-methyl/N-ethyl adjacent to an activating group) is 1. The van der Waals surface area contributed by atoms with Gasteiger partial charge in [0.25, 0.3) is 5.92 Å². The number of ether oxygens (including phenoxy) is 2. The number of rotatable bonds is 6. The Bertz CT molecular complexity index is 782. The van der Waals surface area contributed by atoms with E-state index in [1.807, 2.05) is 11.9 Å². The van der Waals surface area contributed by atoms with Gasteiger partial charge in [-0.15, -0.1) is 0 Å². The molecule has 31 heavy (non-hydrogen) atoms. The maximum absolute atomic E-state index is 14.1. The number of amides is 1. The number of carbonyl (C=O) groups is 1. The Morgan fingerprint density at radius 1 is 1.35 bits per heavy atom. The third-order valence-electron chi connectivity index (χ3n) is 7.17. The van der Waals surface area contributed by atoms with E-state index in [0.717, 1.165) is 62.3 Å². The van der Waals surface area contributed by atoms with Crippen molar-refractivity contribution in [3.63, 3.8) is 0 Å². The van der Waals surface area contributed by atoms with E-state index < -0.39 is 12.0 Å². The van der Waals surface area contributed by atoms with Crippen molar-refractivity contribution in [3.05, 3.63) is 17.0 Å². The Morgan fingerprint density at radius 3 is 2.81 bits per heavy atom. The van der Waals surface area contributed by atoms with Gasteiger partial charge in [0.1, 0.15) is 13.2 Å². The molecular formula is C22H34F2N4O3. The second kappa shape index (κ2) is 9.02. The number of nitrogens with zero attached hydrogens (tertiary/aromatic N) is 3. The first-order valence-electron chi connectivity index (χ1n) is 11.4. The number of hydrogen-bond donors (Lipinski definition) is 1. The summed E-state index contributed by atoms with van der Waals surface area (Å²) >= 11 is 0. The molecule has 0 aromatic carbocycles. The van der Waals surface area contributed by atoms with Gasteiger partial charge in [0.05, 0.1) is 18.7 Å². The lowest BCUT2D eigenvalue weighted by atomic mass is 9.66. The van der Waals surface area contributed by atoms with E-state index in [0.29, 0.717) is 13.1 Å².